The Morgan fingerprint density at radius 1 is 1.27 bits per heavy atom. The van der Waals surface area contributed by atoms with E-state index >= 15 is 0 Å². The van der Waals surface area contributed by atoms with Gasteiger partial charge in [-0.15, -0.1) is 0 Å². The number of hydrogen-bond acceptors (Lipinski definition) is 3. The highest BCUT2D eigenvalue weighted by atomic mass is 16.5. The average Bonchev–Trinajstić information content (AvgIpc) is 1.99. The van der Waals surface area contributed by atoms with Crippen molar-refractivity contribution in [1.29, 1.82) is 0 Å². The molecule has 0 N–H and O–H groups in total. The number of methoxy groups -OCH3 is 1. The zero-order chi connectivity index (χ0) is 8.85. The maximum Gasteiger partial charge on any atom is 0.122 e. The molecule has 11 heavy (non-hydrogen) atoms. The van der Waals surface area contributed by atoms with Gasteiger partial charge in [0.1, 0.15) is 6.23 Å². The van der Waals surface area contributed by atoms with Crippen LogP contribution in [0.2, 0.25) is 0 Å². The van der Waals surface area contributed by atoms with Gasteiger partial charge in [0.15, 0.2) is 0 Å². The van der Waals surface area contributed by atoms with E-state index in [0.717, 1.165) is 13.1 Å². The molecule has 0 aromatic carbocycles. The lowest BCUT2D eigenvalue weighted by atomic mass is 10.4. The van der Waals surface area contributed by atoms with Gasteiger partial charge in [0, 0.05) is 13.7 Å². The lowest BCUT2D eigenvalue weighted by molar-refractivity contribution is -0.0219. The molecule has 0 bridgehead atoms. The maximum atomic E-state index is 5.27. The number of hydrogen-bond donors (Lipinski definition) is 0. The fourth-order valence-corrected chi connectivity index (χ4v) is 0.844. The average molecular weight is 160 g/mol. The van der Waals surface area contributed by atoms with Gasteiger partial charge in [-0.1, -0.05) is 6.92 Å². The Kier molecular flexibility index (Phi) is 5.46. The molecular weight excluding hydrogens is 140 g/mol. The van der Waals surface area contributed by atoms with E-state index in [2.05, 4.69) is 23.8 Å². The molecule has 68 valence electrons. The lowest BCUT2D eigenvalue weighted by Crippen LogP contribution is -2.39. The first kappa shape index (κ1) is 10.9. The summed E-state index contributed by atoms with van der Waals surface area (Å²) in [6, 6.07) is 0. The molecule has 0 heterocycles. The van der Waals surface area contributed by atoms with Crippen LogP contribution in [0.4, 0.5) is 0 Å². The van der Waals surface area contributed by atoms with E-state index in [1.165, 1.54) is 0 Å². The molecule has 0 saturated carbocycles. The Balaban J connectivity index is 3.68. The second-order valence-corrected chi connectivity index (χ2v) is 3.01. The number of nitrogens with zero attached hydrogens (tertiary/aromatic N) is 2. The van der Waals surface area contributed by atoms with Gasteiger partial charge in [-0.3, -0.25) is 4.90 Å². The highest BCUT2D eigenvalue weighted by Gasteiger charge is 2.10. The zero-order valence-electron chi connectivity index (χ0n) is 8.29. The number of likely N-dealkylation sites (N-methyl/N-ethyl adjacent to an activating group) is 2. The van der Waals surface area contributed by atoms with Crippen molar-refractivity contribution in [3.63, 3.8) is 0 Å². The van der Waals surface area contributed by atoms with Crippen molar-refractivity contribution >= 4 is 0 Å². The molecule has 0 fully saturated rings. The third-order valence-electron chi connectivity index (χ3n) is 1.86. The molecule has 3 nitrogen and oxygen atoms in total. The summed E-state index contributed by atoms with van der Waals surface area (Å²) < 4.78 is 5.27. The third kappa shape index (κ3) is 4.35. The summed E-state index contributed by atoms with van der Waals surface area (Å²) in [7, 11) is 7.89. The minimum absolute atomic E-state index is 0.208. The molecule has 0 rings (SSSR count). The fourth-order valence-electron chi connectivity index (χ4n) is 0.844. The highest BCUT2D eigenvalue weighted by molar-refractivity contribution is 4.58. The predicted octanol–water partition coefficient (Wildman–Crippen LogP) is 0.472. The Hall–Kier alpha value is -0.120. The SMILES string of the molecule is CCN(C)CC(OC)N(C)C. The van der Waals surface area contributed by atoms with Gasteiger partial charge in [-0.05, 0) is 27.7 Å². The second-order valence-electron chi connectivity index (χ2n) is 3.01. The molecule has 0 aromatic heterocycles. The molecule has 0 aliphatic carbocycles. The molecule has 0 aromatic rings. The lowest BCUT2D eigenvalue weighted by Gasteiger charge is -2.26. The van der Waals surface area contributed by atoms with Crippen LogP contribution in [0.15, 0.2) is 0 Å². The first-order valence-electron chi connectivity index (χ1n) is 3.99. The maximum absolute atomic E-state index is 5.27. The molecule has 0 amide bonds. The van der Waals surface area contributed by atoms with Gasteiger partial charge in [0.2, 0.25) is 0 Å². The van der Waals surface area contributed by atoms with Crippen LogP contribution in [0.1, 0.15) is 6.92 Å². The zero-order valence-corrected chi connectivity index (χ0v) is 8.29. The minimum Gasteiger partial charge on any atom is -0.365 e. The largest absolute Gasteiger partial charge is 0.365 e. The summed E-state index contributed by atoms with van der Waals surface area (Å²) >= 11 is 0. The van der Waals surface area contributed by atoms with Gasteiger partial charge in [-0.2, -0.15) is 0 Å². The molecule has 0 saturated heterocycles. The second kappa shape index (κ2) is 5.52. The summed E-state index contributed by atoms with van der Waals surface area (Å²) in [5.74, 6) is 0. The first-order chi connectivity index (χ1) is 5.11. The van der Waals surface area contributed by atoms with Crippen LogP contribution >= 0.6 is 0 Å². The standard InChI is InChI=1S/C8H20N2O/c1-6-10(4)7-8(11-5)9(2)3/h8H,6-7H2,1-5H3. The van der Waals surface area contributed by atoms with Gasteiger partial charge in [0.05, 0.1) is 0 Å². The van der Waals surface area contributed by atoms with Gasteiger partial charge in [0.25, 0.3) is 0 Å². The molecular formula is C8H20N2O. The van der Waals surface area contributed by atoms with Crippen molar-refractivity contribution in [1.82, 2.24) is 9.80 Å². The summed E-state index contributed by atoms with van der Waals surface area (Å²) in [6.45, 7) is 4.16. The van der Waals surface area contributed by atoms with Crippen LogP contribution in [-0.2, 0) is 4.74 Å². The Bertz CT molecular complexity index is 96.1. The molecule has 0 radical (unpaired) electrons. The third-order valence-corrected chi connectivity index (χ3v) is 1.86. The van der Waals surface area contributed by atoms with Crippen molar-refractivity contribution in [3.05, 3.63) is 0 Å². The highest BCUT2D eigenvalue weighted by Crippen LogP contribution is 1.96. The van der Waals surface area contributed by atoms with Crippen molar-refractivity contribution in [2.45, 2.75) is 13.2 Å². The van der Waals surface area contributed by atoms with Crippen LogP contribution in [0.5, 0.6) is 0 Å². The van der Waals surface area contributed by atoms with E-state index in [9.17, 15) is 0 Å². The number of rotatable bonds is 5. The van der Waals surface area contributed by atoms with Crippen molar-refractivity contribution in [2.75, 3.05) is 41.3 Å². The van der Waals surface area contributed by atoms with Gasteiger partial charge >= 0.3 is 0 Å². The van der Waals surface area contributed by atoms with Gasteiger partial charge < -0.3 is 9.64 Å². The smallest absolute Gasteiger partial charge is 0.122 e. The Morgan fingerprint density at radius 3 is 2.09 bits per heavy atom. The van der Waals surface area contributed by atoms with Crippen LogP contribution in [-0.4, -0.2) is 57.4 Å². The fraction of sp³-hybridized carbons (Fsp3) is 1.00. The van der Waals surface area contributed by atoms with Gasteiger partial charge in [-0.25, -0.2) is 0 Å². The molecule has 0 aliphatic rings. The molecule has 0 aliphatic heterocycles. The van der Waals surface area contributed by atoms with E-state index in [-0.39, 0.29) is 6.23 Å². The Labute approximate surface area is 69.9 Å². The topological polar surface area (TPSA) is 15.7 Å². The quantitative estimate of drug-likeness (QED) is 0.544. The number of ether oxygens (including phenoxy) is 1. The van der Waals surface area contributed by atoms with E-state index in [0.29, 0.717) is 0 Å². The normalized spacial score (nSPS) is 14.5. The predicted molar refractivity (Wildman–Crippen MR) is 47.7 cm³/mol. The Morgan fingerprint density at radius 2 is 1.82 bits per heavy atom. The van der Waals surface area contributed by atoms with E-state index in [4.69, 9.17) is 4.74 Å². The van der Waals surface area contributed by atoms with Crippen LogP contribution in [0, 0.1) is 0 Å². The van der Waals surface area contributed by atoms with Crippen molar-refractivity contribution < 1.29 is 4.74 Å². The minimum atomic E-state index is 0.208. The van der Waals surface area contributed by atoms with E-state index in [1.807, 2.05) is 14.1 Å². The van der Waals surface area contributed by atoms with E-state index < -0.39 is 0 Å². The van der Waals surface area contributed by atoms with Crippen LogP contribution in [0.3, 0.4) is 0 Å². The molecule has 0 spiro atoms. The molecule has 1 atom stereocenters. The van der Waals surface area contributed by atoms with Crippen molar-refractivity contribution in [2.24, 2.45) is 0 Å². The van der Waals surface area contributed by atoms with Crippen molar-refractivity contribution in [3.8, 4) is 0 Å². The summed E-state index contributed by atoms with van der Waals surface area (Å²) in [5, 5.41) is 0. The summed E-state index contributed by atoms with van der Waals surface area (Å²) in [5.41, 5.74) is 0. The molecule has 3 heteroatoms. The monoisotopic (exact) mass is 160 g/mol. The summed E-state index contributed by atoms with van der Waals surface area (Å²) in [6.07, 6.45) is 0.208. The van der Waals surface area contributed by atoms with E-state index in [1.54, 1.807) is 7.11 Å². The first-order valence-corrected chi connectivity index (χ1v) is 3.99. The molecule has 1 unspecified atom stereocenters. The summed E-state index contributed by atoms with van der Waals surface area (Å²) in [4.78, 5) is 4.31. The van der Waals surface area contributed by atoms with Crippen LogP contribution in [0.25, 0.3) is 0 Å². The van der Waals surface area contributed by atoms with Crippen LogP contribution < -0.4 is 0 Å².